The van der Waals surface area contributed by atoms with E-state index >= 15 is 0 Å². The van der Waals surface area contributed by atoms with Crippen LogP contribution in [0, 0.1) is 5.92 Å². The summed E-state index contributed by atoms with van der Waals surface area (Å²) in [5, 5.41) is 7.85. The number of rotatable bonds is 4. The second-order valence-corrected chi connectivity index (χ2v) is 8.19. The number of carbonyl (C=O) groups excluding carboxylic acids is 2. The van der Waals surface area contributed by atoms with E-state index in [1.807, 2.05) is 9.58 Å². The number of nitrogens with one attached hydrogen (secondary N) is 1. The first kappa shape index (κ1) is 19.8. The fourth-order valence-corrected chi connectivity index (χ4v) is 4.05. The van der Waals surface area contributed by atoms with Crippen molar-refractivity contribution in [3.63, 3.8) is 0 Å². The molecule has 4 heterocycles. The van der Waals surface area contributed by atoms with Crippen molar-refractivity contribution in [1.82, 2.24) is 29.9 Å². The fraction of sp³-hybridized carbons (Fsp3) is 0.500. The zero-order chi connectivity index (χ0) is 20.4. The number of nitrogens with zero attached hydrogens (tertiary/aromatic N) is 5. The maximum Gasteiger partial charge on any atom is 0.269 e. The van der Waals surface area contributed by atoms with Crippen molar-refractivity contribution in [1.29, 1.82) is 0 Å². The van der Waals surface area contributed by atoms with Gasteiger partial charge in [0.05, 0.1) is 17.5 Å². The molecule has 1 N–H and O–H groups in total. The van der Waals surface area contributed by atoms with Gasteiger partial charge in [-0.15, -0.1) is 0 Å². The van der Waals surface area contributed by atoms with E-state index in [-0.39, 0.29) is 17.7 Å². The molecular formula is C20H25ClN6O2. The topological polar surface area (TPSA) is 83.4 Å². The molecule has 0 unspecified atom stereocenters. The van der Waals surface area contributed by atoms with Gasteiger partial charge in [-0.2, -0.15) is 5.10 Å². The minimum Gasteiger partial charge on any atom is -0.350 e. The Hall–Kier alpha value is -2.45. The van der Waals surface area contributed by atoms with Crippen LogP contribution in [-0.2, 0) is 13.0 Å². The van der Waals surface area contributed by atoms with Crippen LogP contribution in [0.25, 0.3) is 0 Å². The van der Waals surface area contributed by atoms with Crippen LogP contribution in [0.2, 0.25) is 5.02 Å². The lowest BCUT2D eigenvalue weighted by molar-refractivity contribution is 0.0661. The number of hydrogen-bond donors (Lipinski definition) is 1. The van der Waals surface area contributed by atoms with Crippen molar-refractivity contribution in [3.05, 3.63) is 46.5 Å². The monoisotopic (exact) mass is 416 g/mol. The Morgan fingerprint density at radius 1 is 1.24 bits per heavy atom. The highest BCUT2D eigenvalue weighted by Gasteiger charge is 2.29. The molecule has 2 amide bonds. The first-order valence-corrected chi connectivity index (χ1v) is 10.3. The minimum atomic E-state index is -0.236. The lowest BCUT2D eigenvalue weighted by atomic mass is 9.94. The van der Waals surface area contributed by atoms with Crippen LogP contribution in [-0.4, -0.2) is 76.2 Å². The standard InChI is InChI=1S/C20H25ClN6O2/c1-25-6-8-26(9-7-25)20(29)16-13-24-27-5-3-14(10-18(16)27)12-23-19(28)17-11-15(21)2-4-22-17/h2,4,11,13-14H,3,5-10,12H2,1H3,(H,23,28)/t14-/m0/s1. The van der Waals surface area contributed by atoms with Crippen molar-refractivity contribution in [2.45, 2.75) is 19.4 Å². The van der Waals surface area contributed by atoms with Gasteiger partial charge in [0.25, 0.3) is 11.8 Å². The summed E-state index contributed by atoms with van der Waals surface area (Å²) in [6, 6.07) is 3.19. The largest absolute Gasteiger partial charge is 0.350 e. The van der Waals surface area contributed by atoms with Crippen LogP contribution in [0.15, 0.2) is 24.5 Å². The van der Waals surface area contributed by atoms with Gasteiger partial charge in [0.15, 0.2) is 0 Å². The zero-order valence-electron chi connectivity index (χ0n) is 16.5. The fourth-order valence-electron chi connectivity index (χ4n) is 3.89. The van der Waals surface area contributed by atoms with E-state index in [1.165, 1.54) is 6.20 Å². The van der Waals surface area contributed by atoms with Crippen LogP contribution in [0.4, 0.5) is 0 Å². The molecule has 9 heteroatoms. The van der Waals surface area contributed by atoms with Crippen molar-refractivity contribution >= 4 is 23.4 Å². The maximum absolute atomic E-state index is 13.0. The molecule has 2 aromatic heterocycles. The predicted molar refractivity (Wildman–Crippen MR) is 109 cm³/mol. The summed E-state index contributed by atoms with van der Waals surface area (Å²) in [4.78, 5) is 33.5. The number of pyridine rings is 1. The third kappa shape index (κ3) is 4.43. The van der Waals surface area contributed by atoms with Crippen LogP contribution >= 0.6 is 11.6 Å². The van der Waals surface area contributed by atoms with Crippen molar-refractivity contribution in [3.8, 4) is 0 Å². The van der Waals surface area contributed by atoms with E-state index in [4.69, 9.17) is 11.6 Å². The summed E-state index contributed by atoms with van der Waals surface area (Å²) in [5.41, 5.74) is 1.98. The molecule has 154 valence electrons. The average molecular weight is 417 g/mol. The summed E-state index contributed by atoms with van der Waals surface area (Å²) in [5.74, 6) is 0.0776. The first-order chi connectivity index (χ1) is 14.0. The number of carbonyl (C=O) groups is 2. The molecule has 0 saturated carbocycles. The van der Waals surface area contributed by atoms with Crippen LogP contribution in [0.5, 0.6) is 0 Å². The van der Waals surface area contributed by atoms with E-state index in [9.17, 15) is 9.59 Å². The van der Waals surface area contributed by atoms with Crippen molar-refractivity contribution < 1.29 is 9.59 Å². The number of piperazine rings is 1. The molecule has 0 spiro atoms. The quantitative estimate of drug-likeness (QED) is 0.812. The Labute approximate surface area is 174 Å². The van der Waals surface area contributed by atoms with Gasteiger partial charge < -0.3 is 15.1 Å². The maximum atomic E-state index is 13.0. The summed E-state index contributed by atoms with van der Waals surface area (Å²) < 4.78 is 1.93. The first-order valence-electron chi connectivity index (χ1n) is 9.93. The van der Waals surface area contributed by atoms with Gasteiger partial charge in [0.2, 0.25) is 0 Å². The predicted octanol–water partition coefficient (Wildman–Crippen LogP) is 1.31. The highest BCUT2D eigenvalue weighted by Crippen LogP contribution is 2.24. The number of likely N-dealkylation sites (N-methyl/N-ethyl adjacent to an activating group) is 1. The van der Waals surface area contributed by atoms with Crippen LogP contribution < -0.4 is 5.32 Å². The van der Waals surface area contributed by atoms with E-state index < -0.39 is 0 Å². The highest BCUT2D eigenvalue weighted by molar-refractivity contribution is 6.30. The normalized spacial score (nSPS) is 19.7. The van der Waals surface area contributed by atoms with Crippen molar-refractivity contribution in [2.24, 2.45) is 5.92 Å². The molecule has 2 aliphatic heterocycles. The molecule has 1 atom stereocenters. The Morgan fingerprint density at radius 3 is 2.79 bits per heavy atom. The van der Waals surface area contributed by atoms with E-state index in [1.54, 1.807) is 18.3 Å². The smallest absolute Gasteiger partial charge is 0.269 e. The second-order valence-electron chi connectivity index (χ2n) is 7.75. The average Bonchev–Trinajstić information content (AvgIpc) is 3.15. The number of aromatic nitrogens is 3. The van der Waals surface area contributed by atoms with Crippen molar-refractivity contribution in [2.75, 3.05) is 39.8 Å². The molecular weight excluding hydrogens is 392 g/mol. The highest BCUT2D eigenvalue weighted by atomic mass is 35.5. The molecule has 1 fully saturated rings. The summed E-state index contributed by atoms with van der Waals surface area (Å²) in [6.45, 7) is 4.54. The van der Waals surface area contributed by atoms with Crippen LogP contribution in [0.1, 0.15) is 33.0 Å². The number of halogens is 1. The Balaban J connectivity index is 1.39. The Bertz CT molecular complexity index is 906. The molecule has 1 saturated heterocycles. The van der Waals surface area contributed by atoms with E-state index in [0.717, 1.165) is 51.3 Å². The summed E-state index contributed by atoms with van der Waals surface area (Å²) >= 11 is 5.93. The molecule has 0 aliphatic carbocycles. The molecule has 2 aliphatic rings. The van der Waals surface area contributed by atoms with Gasteiger partial charge >= 0.3 is 0 Å². The molecule has 0 aromatic carbocycles. The molecule has 0 radical (unpaired) electrons. The third-order valence-electron chi connectivity index (χ3n) is 5.71. The molecule has 29 heavy (non-hydrogen) atoms. The lowest BCUT2D eigenvalue weighted by Crippen LogP contribution is -2.47. The van der Waals surface area contributed by atoms with Gasteiger partial charge in [-0.05, 0) is 37.9 Å². The molecule has 0 bridgehead atoms. The molecule has 8 nitrogen and oxygen atoms in total. The van der Waals surface area contributed by atoms with Gasteiger partial charge in [-0.3, -0.25) is 19.3 Å². The SMILES string of the molecule is CN1CCN(C(=O)c2cnn3c2C[C@@H](CNC(=O)c2cc(Cl)ccn2)CC3)CC1. The van der Waals surface area contributed by atoms with E-state index in [2.05, 4.69) is 27.3 Å². The minimum absolute atomic E-state index is 0.0622. The number of amides is 2. The van der Waals surface area contributed by atoms with Gasteiger partial charge in [-0.1, -0.05) is 11.6 Å². The number of fused-ring (bicyclic) bond motifs is 1. The number of aryl methyl sites for hydroxylation is 1. The molecule has 4 rings (SSSR count). The lowest BCUT2D eigenvalue weighted by Gasteiger charge is -2.32. The van der Waals surface area contributed by atoms with Gasteiger partial charge in [0, 0.05) is 50.5 Å². The zero-order valence-corrected chi connectivity index (χ0v) is 17.2. The third-order valence-corrected chi connectivity index (χ3v) is 5.94. The molecule has 2 aromatic rings. The van der Waals surface area contributed by atoms with Crippen LogP contribution in [0.3, 0.4) is 0 Å². The van der Waals surface area contributed by atoms with Gasteiger partial charge in [-0.25, -0.2) is 0 Å². The summed E-state index contributed by atoms with van der Waals surface area (Å²) in [7, 11) is 2.07. The Morgan fingerprint density at radius 2 is 2.03 bits per heavy atom. The van der Waals surface area contributed by atoms with Gasteiger partial charge in [0.1, 0.15) is 5.69 Å². The summed E-state index contributed by atoms with van der Waals surface area (Å²) in [6.07, 6.45) is 4.84. The van der Waals surface area contributed by atoms with E-state index in [0.29, 0.717) is 22.8 Å². The second kappa shape index (κ2) is 8.51. The number of hydrogen-bond acceptors (Lipinski definition) is 5. The Kier molecular flexibility index (Phi) is 5.82.